The maximum absolute atomic E-state index is 12.5. The molecule has 0 saturated carbocycles. The molecule has 1 aliphatic heterocycles. The average molecular weight is 410 g/mol. The third-order valence-corrected chi connectivity index (χ3v) is 4.83. The van der Waals surface area contributed by atoms with Crippen LogP contribution in [0.1, 0.15) is 22.6 Å². The van der Waals surface area contributed by atoms with Gasteiger partial charge in [-0.25, -0.2) is 4.79 Å². The van der Waals surface area contributed by atoms with E-state index < -0.39 is 5.97 Å². The standard InChI is InChI=1S/C20H22N6O4/c1-29-20(28)14-4-2-3-5-15(14)21-19(27)9-8-17-23-22-16-6-7-18(24-26(16)17)25-10-12-30-13-11-25/h2-7H,8-13H2,1H3,(H,21,27). The van der Waals surface area contributed by atoms with Gasteiger partial charge in [-0.05, 0) is 24.3 Å². The number of carbonyl (C=O) groups excluding carboxylic acids is 2. The number of para-hydroxylation sites is 1. The van der Waals surface area contributed by atoms with Crippen LogP contribution in [0.4, 0.5) is 11.5 Å². The number of morpholine rings is 1. The zero-order valence-corrected chi connectivity index (χ0v) is 16.6. The molecule has 1 fully saturated rings. The Kier molecular flexibility index (Phi) is 5.84. The van der Waals surface area contributed by atoms with E-state index in [1.54, 1.807) is 28.8 Å². The number of aryl methyl sites for hydroxylation is 1. The molecule has 10 heteroatoms. The highest BCUT2D eigenvalue weighted by atomic mass is 16.5. The van der Waals surface area contributed by atoms with E-state index in [1.807, 2.05) is 12.1 Å². The van der Waals surface area contributed by atoms with Crippen LogP contribution >= 0.6 is 0 Å². The molecule has 0 aliphatic carbocycles. The number of hydrogen-bond acceptors (Lipinski definition) is 8. The van der Waals surface area contributed by atoms with Crippen LogP contribution in [0.15, 0.2) is 36.4 Å². The molecule has 10 nitrogen and oxygen atoms in total. The first-order valence-corrected chi connectivity index (χ1v) is 9.67. The predicted octanol–water partition coefficient (Wildman–Crippen LogP) is 1.32. The van der Waals surface area contributed by atoms with Crippen LogP contribution in [-0.2, 0) is 20.7 Å². The lowest BCUT2D eigenvalue weighted by atomic mass is 10.1. The fourth-order valence-electron chi connectivity index (χ4n) is 3.26. The number of nitrogens with zero attached hydrogens (tertiary/aromatic N) is 5. The number of esters is 1. The maximum Gasteiger partial charge on any atom is 0.339 e. The molecule has 2 aromatic heterocycles. The number of anilines is 2. The summed E-state index contributed by atoms with van der Waals surface area (Å²) >= 11 is 0. The molecule has 1 N–H and O–H groups in total. The summed E-state index contributed by atoms with van der Waals surface area (Å²) in [5.41, 5.74) is 1.34. The van der Waals surface area contributed by atoms with Gasteiger partial charge in [0.15, 0.2) is 11.5 Å². The van der Waals surface area contributed by atoms with Crippen molar-refractivity contribution in [2.75, 3.05) is 43.6 Å². The van der Waals surface area contributed by atoms with E-state index in [0.717, 1.165) is 18.9 Å². The Bertz CT molecular complexity index is 1060. The van der Waals surface area contributed by atoms with Gasteiger partial charge in [-0.15, -0.1) is 15.3 Å². The van der Waals surface area contributed by atoms with Gasteiger partial charge in [-0.1, -0.05) is 12.1 Å². The number of fused-ring (bicyclic) bond motifs is 1. The van der Waals surface area contributed by atoms with Crippen LogP contribution in [0, 0.1) is 0 Å². The Hall–Kier alpha value is -3.53. The highest BCUT2D eigenvalue weighted by molar-refractivity contribution is 6.01. The summed E-state index contributed by atoms with van der Waals surface area (Å²) in [7, 11) is 1.30. The van der Waals surface area contributed by atoms with E-state index in [1.165, 1.54) is 7.11 Å². The number of hydrogen-bond donors (Lipinski definition) is 1. The third-order valence-electron chi connectivity index (χ3n) is 4.83. The van der Waals surface area contributed by atoms with Crippen LogP contribution in [0.2, 0.25) is 0 Å². The van der Waals surface area contributed by atoms with E-state index in [9.17, 15) is 9.59 Å². The fourth-order valence-corrected chi connectivity index (χ4v) is 3.26. The minimum atomic E-state index is -0.505. The Labute approximate surface area is 172 Å². The molecular formula is C20H22N6O4. The summed E-state index contributed by atoms with van der Waals surface area (Å²) in [6.45, 7) is 2.89. The van der Waals surface area contributed by atoms with Crippen molar-refractivity contribution in [1.29, 1.82) is 0 Å². The molecule has 156 valence electrons. The van der Waals surface area contributed by atoms with E-state index in [0.29, 0.717) is 42.4 Å². The summed E-state index contributed by atoms with van der Waals surface area (Å²) in [4.78, 5) is 26.5. The largest absolute Gasteiger partial charge is 0.465 e. The second kappa shape index (κ2) is 8.87. The van der Waals surface area contributed by atoms with Crippen molar-refractivity contribution in [3.05, 3.63) is 47.8 Å². The van der Waals surface area contributed by atoms with E-state index in [2.05, 4.69) is 25.5 Å². The van der Waals surface area contributed by atoms with Gasteiger partial charge in [0.05, 0.1) is 31.6 Å². The summed E-state index contributed by atoms with van der Waals surface area (Å²) in [6, 6.07) is 10.5. The molecule has 30 heavy (non-hydrogen) atoms. The number of carbonyl (C=O) groups is 2. The lowest BCUT2D eigenvalue weighted by Gasteiger charge is -2.27. The smallest absolute Gasteiger partial charge is 0.339 e. The van der Waals surface area contributed by atoms with Crippen LogP contribution in [0.5, 0.6) is 0 Å². The van der Waals surface area contributed by atoms with Crippen molar-refractivity contribution in [1.82, 2.24) is 19.8 Å². The van der Waals surface area contributed by atoms with Crippen LogP contribution in [0.25, 0.3) is 5.65 Å². The van der Waals surface area contributed by atoms with Gasteiger partial charge in [0, 0.05) is 25.9 Å². The molecule has 1 aliphatic rings. The number of benzene rings is 1. The Morgan fingerprint density at radius 2 is 1.93 bits per heavy atom. The van der Waals surface area contributed by atoms with Crippen LogP contribution in [-0.4, -0.2) is 65.1 Å². The monoisotopic (exact) mass is 410 g/mol. The fraction of sp³-hybridized carbons (Fsp3) is 0.350. The number of aromatic nitrogens is 4. The molecule has 1 saturated heterocycles. The van der Waals surface area contributed by atoms with Crippen molar-refractivity contribution in [3.8, 4) is 0 Å². The molecule has 3 aromatic rings. The lowest BCUT2D eigenvalue weighted by molar-refractivity contribution is -0.116. The van der Waals surface area contributed by atoms with Gasteiger partial charge < -0.3 is 19.7 Å². The topological polar surface area (TPSA) is 111 Å². The zero-order valence-electron chi connectivity index (χ0n) is 16.6. The predicted molar refractivity (Wildman–Crippen MR) is 109 cm³/mol. The Balaban J connectivity index is 1.45. The van der Waals surface area contributed by atoms with Gasteiger partial charge in [0.25, 0.3) is 0 Å². The molecule has 4 rings (SSSR count). The molecule has 0 radical (unpaired) electrons. The maximum atomic E-state index is 12.5. The van der Waals surface area contributed by atoms with Gasteiger partial charge in [0.2, 0.25) is 5.91 Å². The van der Waals surface area contributed by atoms with Crippen molar-refractivity contribution < 1.29 is 19.1 Å². The first kappa shape index (κ1) is 19.8. The Morgan fingerprint density at radius 3 is 2.73 bits per heavy atom. The van der Waals surface area contributed by atoms with E-state index in [-0.39, 0.29) is 12.3 Å². The first-order chi connectivity index (χ1) is 14.7. The average Bonchev–Trinajstić information content (AvgIpc) is 3.20. The molecule has 0 bridgehead atoms. The van der Waals surface area contributed by atoms with Gasteiger partial charge in [-0.3, -0.25) is 4.79 Å². The number of amides is 1. The summed E-state index contributed by atoms with van der Waals surface area (Å²) in [5.74, 6) is 0.668. The quantitative estimate of drug-likeness (QED) is 0.606. The zero-order chi connectivity index (χ0) is 20.9. The highest BCUT2D eigenvalue weighted by Gasteiger charge is 2.17. The van der Waals surface area contributed by atoms with Crippen LogP contribution in [0.3, 0.4) is 0 Å². The van der Waals surface area contributed by atoms with Crippen molar-refractivity contribution in [2.24, 2.45) is 0 Å². The SMILES string of the molecule is COC(=O)c1ccccc1NC(=O)CCc1nnc2ccc(N3CCOCC3)nn12. The van der Waals surface area contributed by atoms with Gasteiger partial charge in [-0.2, -0.15) is 4.52 Å². The van der Waals surface area contributed by atoms with E-state index in [4.69, 9.17) is 9.47 Å². The van der Waals surface area contributed by atoms with Crippen molar-refractivity contribution >= 4 is 29.0 Å². The summed E-state index contributed by atoms with van der Waals surface area (Å²) in [6.07, 6.45) is 0.521. The normalized spacial score (nSPS) is 14.0. The van der Waals surface area contributed by atoms with Crippen LogP contribution < -0.4 is 10.2 Å². The van der Waals surface area contributed by atoms with Crippen molar-refractivity contribution in [3.63, 3.8) is 0 Å². The molecule has 0 spiro atoms. The number of ether oxygens (including phenoxy) is 2. The highest BCUT2D eigenvalue weighted by Crippen LogP contribution is 2.17. The minimum Gasteiger partial charge on any atom is -0.465 e. The summed E-state index contributed by atoms with van der Waals surface area (Å²) in [5, 5.41) is 15.7. The van der Waals surface area contributed by atoms with Gasteiger partial charge in [0.1, 0.15) is 5.82 Å². The number of methoxy groups -OCH3 is 1. The molecule has 1 aromatic carbocycles. The number of nitrogens with one attached hydrogen (secondary N) is 1. The molecular weight excluding hydrogens is 388 g/mol. The molecule has 3 heterocycles. The van der Waals surface area contributed by atoms with Crippen molar-refractivity contribution in [2.45, 2.75) is 12.8 Å². The summed E-state index contributed by atoms with van der Waals surface area (Å²) < 4.78 is 11.8. The second-order valence-electron chi connectivity index (χ2n) is 6.76. The minimum absolute atomic E-state index is 0.166. The van der Waals surface area contributed by atoms with Gasteiger partial charge >= 0.3 is 5.97 Å². The number of rotatable bonds is 6. The lowest BCUT2D eigenvalue weighted by Crippen LogP contribution is -2.37. The van der Waals surface area contributed by atoms with E-state index >= 15 is 0 Å². The Morgan fingerprint density at radius 1 is 1.13 bits per heavy atom. The molecule has 1 amide bonds. The molecule has 0 atom stereocenters. The second-order valence-corrected chi connectivity index (χ2v) is 6.76. The first-order valence-electron chi connectivity index (χ1n) is 9.67. The molecule has 0 unspecified atom stereocenters. The third kappa shape index (κ3) is 4.23.